The quantitative estimate of drug-likeness (QED) is 0.533. The van der Waals surface area contributed by atoms with Gasteiger partial charge < -0.3 is 4.84 Å². The first-order valence-corrected chi connectivity index (χ1v) is 3.72. The van der Waals surface area contributed by atoms with E-state index < -0.39 is 0 Å². The second-order valence-electron chi connectivity index (χ2n) is 2.23. The van der Waals surface area contributed by atoms with Gasteiger partial charge in [-0.25, -0.2) is 0 Å². The Morgan fingerprint density at radius 2 is 2.50 bits per heavy atom. The summed E-state index contributed by atoms with van der Waals surface area (Å²) < 4.78 is 0. The summed E-state index contributed by atoms with van der Waals surface area (Å²) in [5, 5.41) is 4.48. The van der Waals surface area contributed by atoms with E-state index in [4.69, 9.17) is 16.4 Å². The van der Waals surface area contributed by atoms with Crippen LogP contribution >= 0.6 is 11.6 Å². The van der Waals surface area contributed by atoms with Crippen molar-refractivity contribution in [2.24, 2.45) is 5.16 Å². The van der Waals surface area contributed by atoms with Gasteiger partial charge in [-0.3, -0.25) is 0 Å². The topological polar surface area (TPSA) is 21.6 Å². The second-order valence-corrected chi connectivity index (χ2v) is 2.69. The minimum absolute atomic E-state index is 0.720. The molecule has 10 heavy (non-hydrogen) atoms. The lowest BCUT2D eigenvalue weighted by Gasteiger charge is -2.04. The molecule has 0 saturated heterocycles. The summed E-state index contributed by atoms with van der Waals surface area (Å²) in [6.45, 7) is 1.82. The SMILES string of the molecule is C/C1=C(\Cl)CCC/C=N/O1. The molecule has 2 nitrogen and oxygen atoms in total. The summed E-state index contributed by atoms with van der Waals surface area (Å²) in [6.07, 6.45) is 4.68. The summed E-state index contributed by atoms with van der Waals surface area (Å²) in [4.78, 5) is 4.91. The van der Waals surface area contributed by atoms with E-state index in [1.165, 1.54) is 0 Å². The molecule has 1 heterocycles. The average Bonchev–Trinajstić information content (AvgIpc) is 1.92. The van der Waals surface area contributed by atoms with Gasteiger partial charge in [0, 0.05) is 6.21 Å². The van der Waals surface area contributed by atoms with Crippen molar-refractivity contribution in [2.75, 3.05) is 0 Å². The van der Waals surface area contributed by atoms with Gasteiger partial charge in [-0.15, -0.1) is 0 Å². The van der Waals surface area contributed by atoms with Gasteiger partial charge >= 0.3 is 0 Å². The molecule has 0 spiro atoms. The molecule has 0 aromatic heterocycles. The van der Waals surface area contributed by atoms with Crippen LogP contribution in [0, 0.1) is 0 Å². The fraction of sp³-hybridized carbons (Fsp3) is 0.571. The monoisotopic (exact) mass is 159 g/mol. The maximum atomic E-state index is 5.82. The molecule has 1 aliphatic rings. The molecule has 3 heteroatoms. The Bertz CT molecular complexity index is 174. The van der Waals surface area contributed by atoms with Crippen molar-refractivity contribution >= 4 is 17.8 Å². The predicted octanol–water partition coefficient (Wildman–Crippen LogP) is 2.64. The summed E-state index contributed by atoms with van der Waals surface area (Å²) in [6, 6.07) is 0. The summed E-state index contributed by atoms with van der Waals surface area (Å²) in [5.41, 5.74) is 0. The first-order chi connectivity index (χ1) is 4.80. The van der Waals surface area contributed by atoms with Gasteiger partial charge in [0.15, 0.2) is 0 Å². The Hall–Kier alpha value is -0.500. The molecular formula is C7H10ClNO. The van der Waals surface area contributed by atoms with E-state index in [0.717, 1.165) is 30.1 Å². The van der Waals surface area contributed by atoms with Crippen LogP contribution in [0.15, 0.2) is 15.9 Å². The van der Waals surface area contributed by atoms with Crippen molar-refractivity contribution in [1.82, 2.24) is 0 Å². The molecule has 0 N–H and O–H groups in total. The molecule has 0 saturated carbocycles. The van der Waals surface area contributed by atoms with Crippen molar-refractivity contribution in [3.63, 3.8) is 0 Å². The van der Waals surface area contributed by atoms with Gasteiger partial charge in [0.2, 0.25) is 0 Å². The zero-order valence-electron chi connectivity index (χ0n) is 5.93. The largest absolute Gasteiger partial charge is 0.361 e. The first-order valence-electron chi connectivity index (χ1n) is 3.35. The minimum Gasteiger partial charge on any atom is -0.361 e. The Morgan fingerprint density at radius 1 is 1.70 bits per heavy atom. The van der Waals surface area contributed by atoms with E-state index in [9.17, 15) is 0 Å². The van der Waals surface area contributed by atoms with Crippen LogP contribution in [-0.2, 0) is 4.84 Å². The van der Waals surface area contributed by atoms with Crippen LogP contribution in [0.25, 0.3) is 0 Å². The van der Waals surface area contributed by atoms with Crippen molar-refractivity contribution in [3.05, 3.63) is 10.8 Å². The zero-order chi connectivity index (χ0) is 7.40. The fourth-order valence-corrected chi connectivity index (χ4v) is 0.911. The van der Waals surface area contributed by atoms with Gasteiger partial charge in [0.05, 0.1) is 5.03 Å². The van der Waals surface area contributed by atoms with Crippen molar-refractivity contribution in [1.29, 1.82) is 0 Å². The van der Waals surface area contributed by atoms with Crippen LogP contribution in [0.5, 0.6) is 0 Å². The molecule has 0 bridgehead atoms. The Morgan fingerprint density at radius 3 is 3.30 bits per heavy atom. The minimum atomic E-state index is 0.720. The van der Waals surface area contributed by atoms with E-state index >= 15 is 0 Å². The molecule has 56 valence electrons. The highest BCUT2D eigenvalue weighted by Gasteiger charge is 2.02. The van der Waals surface area contributed by atoms with Crippen molar-refractivity contribution < 1.29 is 4.84 Å². The van der Waals surface area contributed by atoms with E-state index in [1.54, 1.807) is 6.21 Å². The van der Waals surface area contributed by atoms with E-state index in [1.807, 2.05) is 6.92 Å². The van der Waals surface area contributed by atoms with Crippen LogP contribution in [-0.4, -0.2) is 6.21 Å². The zero-order valence-corrected chi connectivity index (χ0v) is 6.69. The third-order valence-electron chi connectivity index (χ3n) is 1.38. The highest BCUT2D eigenvalue weighted by Crippen LogP contribution is 2.18. The van der Waals surface area contributed by atoms with E-state index in [0.29, 0.717) is 0 Å². The summed E-state index contributed by atoms with van der Waals surface area (Å²) >= 11 is 5.82. The number of oxime groups is 1. The Kier molecular flexibility index (Phi) is 2.75. The molecule has 1 aliphatic heterocycles. The number of halogens is 1. The lowest BCUT2D eigenvalue weighted by molar-refractivity contribution is 0.226. The summed E-state index contributed by atoms with van der Waals surface area (Å²) in [7, 11) is 0. The first kappa shape index (κ1) is 7.61. The molecule has 1 rings (SSSR count). The second kappa shape index (κ2) is 3.62. The predicted molar refractivity (Wildman–Crippen MR) is 42.0 cm³/mol. The summed E-state index contributed by atoms with van der Waals surface area (Å²) in [5.74, 6) is 0.720. The van der Waals surface area contributed by atoms with Crippen LogP contribution in [0.3, 0.4) is 0 Å². The number of allylic oxidation sites excluding steroid dienone is 2. The van der Waals surface area contributed by atoms with Crippen LogP contribution in [0.2, 0.25) is 0 Å². The Labute approximate surface area is 65.5 Å². The lowest BCUT2D eigenvalue weighted by Crippen LogP contribution is -1.90. The normalized spacial score (nSPS) is 30.2. The molecule has 0 unspecified atom stereocenters. The maximum Gasteiger partial charge on any atom is 0.146 e. The number of rotatable bonds is 0. The van der Waals surface area contributed by atoms with E-state index in [2.05, 4.69) is 5.16 Å². The van der Waals surface area contributed by atoms with Gasteiger partial charge in [0.1, 0.15) is 5.76 Å². The average molecular weight is 160 g/mol. The van der Waals surface area contributed by atoms with Gasteiger partial charge in [-0.1, -0.05) is 16.8 Å². The number of nitrogens with zero attached hydrogens (tertiary/aromatic N) is 1. The van der Waals surface area contributed by atoms with Crippen molar-refractivity contribution in [3.8, 4) is 0 Å². The number of hydrogen-bond acceptors (Lipinski definition) is 2. The highest BCUT2D eigenvalue weighted by atomic mass is 35.5. The van der Waals surface area contributed by atoms with Gasteiger partial charge in [-0.05, 0) is 26.2 Å². The smallest absolute Gasteiger partial charge is 0.146 e. The van der Waals surface area contributed by atoms with Crippen LogP contribution < -0.4 is 0 Å². The third-order valence-corrected chi connectivity index (χ3v) is 1.83. The van der Waals surface area contributed by atoms with Crippen LogP contribution in [0.4, 0.5) is 0 Å². The third kappa shape index (κ3) is 2.03. The van der Waals surface area contributed by atoms with Gasteiger partial charge in [0.25, 0.3) is 0 Å². The Balaban J connectivity index is 2.62. The molecule has 0 fully saturated rings. The number of hydrogen-bond donors (Lipinski definition) is 0. The molecule has 0 aliphatic carbocycles. The molecular weight excluding hydrogens is 150 g/mol. The fourth-order valence-electron chi connectivity index (χ4n) is 0.743. The molecule has 0 amide bonds. The molecule has 0 aromatic carbocycles. The maximum absolute atomic E-state index is 5.82. The molecule has 0 radical (unpaired) electrons. The molecule has 0 atom stereocenters. The van der Waals surface area contributed by atoms with Crippen molar-refractivity contribution in [2.45, 2.75) is 26.2 Å². The standard InChI is InChI=1S/C7H10ClNO/c1-6-7(8)4-2-3-5-9-10-6/h5H,2-4H2,1H3/b7-6+,9-5+. The highest BCUT2D eigenvalue weighted by molar-refractivity contribution is 6.29. The van der Waals surface area contributed by atoms with E-state index in [-0.39, 0.29) is 0 Å². The van der Waals surface area contributed by atoms with Gasteiger partial charge in [-0.2, -0.15) is 0 Å². The molecule has 0 aromatic rings. The lowest BCUT2D eigenvalue weighted by atomic mass is 10.2. The van der Waals surface area contributed by atoms with Crippen LogP contribution in [0.1, 0.15) is 26.2 Å².